The van der Waals surface area contributed by atoms with Gasteiger partial charge in [0.15, 0.2) is 0 Å². The van der Waals surface area contributed by atoms with Gasteiger partial charge in [-0.15, -0.1) is 0 Å². The first kappa shape index (κ1) is 15.0. The first-order valence-electron chi connectivity index (χ1n) is 5.39. The van der Waals surface area contributed by atoms with Crippen molar-refractivity contribution >= 4 is 31.9 Å². The smallest absolute Gasteiger partial charge is 0.00984 e. The molecule has 0 aromatic rings. The average molecular weight is 328 g/mol. The maximum Gasteiger partial charge on any atom is 0.00984 e. The highest BCUT2D eigenvalue weighted by Crippen LogP contribution is 2.39. The topological polar surface area (TPSA) is 0 Å². The first-order chi connectivity index (χ1) is 6.27. The van der Waals surface area contributed by atoms with E-state index in [1.807, 2.05) is 0 Å². The number of rotatable bonds is 5. The third-order valence-electron chi connectivity index (χ3n) is 3.13. The molecule has 0 amide bonds. The largest absolute Gasteiger partial charge is 0.0922 e. The molecule has 0 spiro atoms. The van der Waals surface area contributed by atoms with Crippen LogP contribution in [0.5, 0.6) is 0 Å². The van der Waals surface area contributed by atoms with E-state index in [9.17, 15) is 0 Å². The predicted molar refractivity (Wildman–Crippen MR) is 73.5 cm³/mol. The van der Waals surface area contributed by atoms with Gasteiger partial charge in [0, 0.05) is 10.7 Å². The lowest BCUT2D eigenvalue weighted by Crippen LogP contribution is -2.32. The van der Waals surface area contributed by atoms with Crippen LogP contribution < -0.4 is 0 Å². The van der Waals surface area contributed by atoms with Crippen LogP contribution >= 0.6 is 31.9 Å². The van der Waals surface area contributed by atoms with Gasteiger partial charge in [0.1, 0.15) is 0 Å². The summed E-state index contributed by atoms with van der Waals surface area (Å²) in [5, 5.41) is 2.19. The Hall–Kier alpha value is 0.960. The molecule has 0 aromatic carbocycles. The monoisotopic (exact) mass is 326 g/mol. The van der Waals surface area contributed by atoms with Gasteiger partial charge in [-0.2, -0.15) is 0 Å². The second-order valence-electron chi connectivity index (χ2n) is 5.84. The van der Waals surface area contributed by atoms with Crippen LogP contribution in [0.1, 0.15) is 47.5 Å². The Balaban J connectivity index is 4.37. The summed E-state index contributed by atoms with van der Waals surface area (Å²) in [7, 11) is 0. The van der Waals surface area contributed by atoms with Crippen LogP contribution in [0, 0.1) is 16.7 Å². The normalized spacial score (nSPS) is 13.7. The van der Waals surface area contributed by atoms with E-state index >= 15 is 0 Å². The van der Waals surface area contributed by atoms with Crippen LogP contribution in [0.25, 0.3) is 0 Å². The van der Waals surface area contributed by atoms with E-state index in [-0.39, 0.29) is 0 Å². The van der Waals surface area contributed by atoms with Crippen molar-refractivity contribution in [3.8, 4) is 0 Å². The second-order valence-corrected chi connectivity index (χ2v) is 6.97. The Morgan fingerprint density at radius 3 is 1.57 bits per heavy atom. The fourth-order valence-electron chi connectivity index (χ4n) is 1.39. The molecule has 0 atom stereocenters. The zero-order valence-electron chi connectivity index (χ0n) is 10.2. The van der Waals surface area contributed by atoms with E-state index in [4.69, 9.17) is 0 Å². The SMILES string of the molecule is CC(C)C(CBr)(CBr)CCC(C)(C)C. The zero-order valence-corrected chi connectivity index (χ0v) is 13.3. The highest BCUT2D eigenvalue weighted by molar-refractivity contribution is 9.09. The minimum absolute atomic E-state index is 0.424. The third-order valence-corrected chi connectivity index (χ3v) is 5.36. The molecule has 0 aliphatic carbocycles. The molecule has 0 saturated heterocycles. The van der Waals surface area contributed by atoms with Crippen LogP contribution in [-0.4, -0.2) is 10.7 Å². The lowest BCUT2D eigenvalue weighted by molar-refractivity contribution is 0.204. The van der Waals surface area contributed by atoms with Gasteiger partial charge in [-0.05, 0) is 29.6 Å². The number of halogens is 2. The zero-order chi connectivity index (χ0) is 11.4. The van der Waals surface area contributed by atoms with Crippen molar-refractivity contribution in [2.45, 2.75) is 47.5 Å². The van der Waals surface area contributed by atoms with E-state index in [1.165, 1.54) is 12.8 Å². The van der Waals surface area contributed by atoms with Gasteiger partial charge in [-0.3, -0.25) is 0 Å². The molecule has 0 aliphatic rings. The van der Waals surface area contributed by atoms with Crippen LogP contribution in [-0.2, 0) is 0 Å². The summed E-state index contributed by atoms with van der Waals surface area (Å²) in [6.07, 6.45) is 2.59. The van der Waals surface area contributed by atoms with Gasteiger partial charge in [-0.25, -0.2) is 0 Å². The molecule has 0 aromatic heterocycles. The van der Waals surface area contributed by atoms with Gasteiger partial charge < -0.3 is 0 Å². The number of alkyl halides is 2. The van der Waals surface area contributed by atoms with Crippen LogP contribution in [0.4, 0.5) is 0 Å². The van der Waals surface area contributed by atoms with Crippen molar-refractivity contribution in [3.05, 3.63) is 0 Å². The van der Waals surface area contributed by atoms with Gasteiger partial charge in [0.05, 0.1) is 0 Å². The molecule has 0 aliphatic heterocycles. The summed E-state index contributed by atoms with van der Waals surface area (Å²) in [4.78, 5) is 0. The van der Waals surface area contributed by atoms with Crippen LogP contribution in [0.15, 0.2) is 0 Å². The minimum Gasteiger partial charge on any atom is -0.0922 e. The Labute approximate surface area is 106 Å². The van der Waals surface area contributed by atoms with Crippen molar-refractivity contribution in [1.29, 1.82) is 0 Å². The molecule has 0 rings (SSSR count). The predicted octanol–water partition coefficient (Wildman–Crippen LogP) is 5.24. The minimum atomic E-state index is 0.424. The van der Waals surface area contributed by atoms with Gasteiger partial charge >= 0.3 is 0 Å². The van der Waals surface area contributed by atoms with Crippen molar-refractivity contribution < 1.29 is 0 Å². The molecule has 0 N–H and O–H groups in total. The molecule has 14 heavy (non-hydrogen) atoms. The highest BCUT2D eigenvalue weighted by atomic mass is 79.9. The van der Waals surface area contributed by atoms with E-state index < -0.39 is 0 Å². The van der Waals surface area contributed by atoms with Crippen LogP contribution in [0.3, 0.4) is 0 Å². The summed E-state index contributed by atoms with van der Waals surface area (Å²) in [6.45, 7) is 11.6. The highest BCUT2D eigenvalue weighted by Gasteiger charge is 2.32. The van der Waals surface area contributed by atoms with Crippen molar-refractivity contribution in [2.75, 3.05) is 10.7 Å². The summed E-state index contributed by atoms with van der Waals surface area (Å²) in [5.74, 6) is 0.726. The molecule has 0 bridgehead atoms. The molecule has 0 fully saturated rings. The fraction of sp³-hybridized carbons (Fsp3) is 1.00. The standard InChI is InChI=1S/C12H24Br2/c1-10(2)12(8-13,9-14)7-6-11(3,4)5/h10H,6-9H2,1-5H3. The Bertz CT molecular complexity index is 152. The Morgan fingerprint density at radius 1 is 0.929 bits per heavy atom. The quantitative estimate of drug-likeness (QED) is 0.605. The Kier molecular flexibility index (Phi) is 6.29. The second kappa shape index (κ2) is 5.89. The van der Waals surface area contributed by atoms with E-state index in [0.717, 1.165) is 16.6 Å². The van der Waals surface area contributed by atoms with Crippen molar-refractivity contribution in [2.24, 2.45) is 16.7 Å². The van der Waals surface area contributed by atoms with Crippen molar-refractivity contribution in [1.82, 2.24) is 0 Å². The molecule has 0 saturated carbocycles. The van der Waals surface area contributed by atoms with Gasteiger partial charge in [-0.1, -0.05) is 66.5 Å². The maximum absolute atomic E-state index is 3.67. The fourth-order valence-corrected chi connectivity index (χ4v) is 4.17. The maximum atomic E-state index is 3.67. The molecule has 2 heteroatoms. The summed E-state index contributed by atoms with van der Waals surface area (Å²) < 4.78 is 0. The summed E-state index contributed by atoms with van der Waals surface area (Å²) in [6, 6.07) is 0. The van der Waals surface area contributed by atoms with E-state index in [1.54, 1.807) is 0 Å². The summed E-state index contributed by atoms with van der Waals surface area (Å²) in [5.41, 5.74) is 0.873. The molecule has 0 nitrogen and oxygen atoms in total. The van der Waals surface area contributed by atoms with Gasteiger partial charge in [0.25, 0.3) is 0 Å². The lowest BCUT2D eigenvalue weighted by Gasteiger charge is -2.36. The molecular formula is C12H24Br2. The number of hydrogen-bond donors (Lipinski definition) is 0. The van der Waals surface area contributed by atoms with E-state index in [2.05, 4.69) is 66.5 Å². The first-order valence-corrected chi connectivity index (χ1v) is 7.64. The lowest BCUT2D eigenvalue weighted by atomic mass is 9.73. The molecule has 0 unspecified atom stereocenters. The van der Waals surface area contributed by atoms with Crippen molar-refractivity contribution in [3.63, 3.8) is 0 Å². The molecular weight excluding hydrogens is 304 g/mol. The number of hydrogen-bond acceptors (Lipinski definition) is 0. The van der Waals surface area contributed by atoms with E-state index in [0.29, 0.717) is 10.8 Å². The third kappa shape index (κ3) is 4.65. The van der Waals surface area contributed by atoms with Gasteiger partial charge in [0.2, 0.25) is 0 Å². The Morgan fingerprint density at radius 2 is 1.36 bits per heavy atom. The summed E-state index contributed by atoms with van der Waals surface area (Å²) >= 11 is 7.34. The molecule has 86 valence electrons. The molecule has 0 radical (unpaired) electrons. The van der Waals surface area contributed by atoms with Crippen LogP contribution in [0.2, 0.25) is 0 Å². The molecule has 0 heterocycles. The average Bonchev–Trinajstić information content (AvgIpc) is 2.04.